The Hall–Kier alpha value is -4.05. The lowest BCUT2D eigenvalue weighted by Crippen LogP contribution is -2.47. The summed E-state index contributed by atoms with van der Waals surface area (Å²) in [6.45, 7) is 2.53. The smallest absolute Gasteiger partial charge is 0.416 e. The number of aromatic hydroxyl groups is 1. The second-order valence-electron chi connectivity index (χ2n) is 9.06. The zero-order valence-corrected chi connectivity index (χ0v) is 20.1. The van der Waals surface area contributed by atoms with Crippen LogP contribution in [0.4, 0.5) is 19.0 Å². The van der Waals surface area contributed by atoms with Crippen molar-refractivity contribution in [3.63, 3.8) is 0 Å². The molecule has 10 heteroatoms. The molecule has 0 bridgehead atoms. The van der Waals surface area contributed by atoms with Crippen molar-refractivity contribution in [2.45, 2.75) is 12.2 Å². The molecule has 1 atom stereocenters. The number of hydrogen-bond donors (Lipinski definition) is 3. The first-order chi connectivity index (χ1) is 17.7. The summed E-state index contributed by atoms with van der Waals surface area (Å²) in [5, 5.41) is 20.4. The number of nitrogens with one attached hydrogen (secondary N) is 2. The average Bonchev–Trinajstić information content (AvgIpc) is 3.33. The minimum absolute atomic E-state index is 0.130. The fourth-order valence-corrected chi connectivity index (χ4v) is 4.68. The van der Waals surface area contributed by atoms with Crippen molar-refractivity contribution in [2.75, 3.05) is 38.1 Å². The van der Waals surface area contributed by atoms with E-state index in [0.717, 1.165) is 17.7 Å². The van der Waals surface area contributed by atoms with E-state index in [1.165, 1.54) is 6.07 Å². The van der Waals surface area contributed by atoms with Crippen LogP contribution >= 0.6 is 0 Å². The molecule has 3 aromatic rings. The largest absolute Gasteiger partial charge is 0.508 e. The summed E-state index contributed by atoms with van der Waals surface area (Å²) in [6.07, 6.45) is 0.668. The summed E-state index contributed by atoms with van der Waals surface area (Å²) in [4.78, 5) is 17.4. The fraction of sp³-hybridized carbons (Fsp3) is 0.259. The second-order valence-corrected chi connectivity index (χ2v) is 9.06. The molecule has 192 valence electrons. The number of carbonyl (C=O) groups is 1. The molecule has 1 amide bonds. The van der Waals surface area contributed by atoms with Crippen LogP contribution in [0.1, 0.15) is 34.0 Å². The van der Waals surface area contributed by atoms with Crippen LogP contribution < -0.4 is 10.2 Å². The highest BCUT2D eigenvalue weighted by Crippen LogP contribution is 2.41. The summed E-state index contributed by atoms with van der Waals surface area (Å²) < 4.78 is 39.5. The Labute approximate surface area is 211 Å². The lowest BCUT2D eigenvalue weighted by atomic mass is 9.92. The van der Waals surface area contributed by atoms with Crippen LogP contribution in [0.5, 0.6) is 5.75 Å². The number of benzene rings is 2. The van der Waals surface area contributed by atoms with E-state index in [2.05, 4.69) is 15.5 Å². The molecule has 2 aromatic carbocycles. The van der Waals surface area contributed by atoms with Gasteiger partial charge in [-0.05, 0) is 47.5 Å². The van der Waals surface area contributed by atoms with Gasteiger partial charge in [0.25, 0.3) is 5.91 Å². The standard InChI is InChI=1S/C27H26F3N5O2/c1-34-23(18-6-8-20(36)9-7-18)16-21(26(37)35-13-11-31-12-14-35)24-22(32-33-25(24)34)10-5-17-3-2-4-19(15-17)27(28,29)30/h2-10,15-16,23,31,36H,11-14H2,1H3,(H,32,33)/b10-5+. The number of rotatable bonds is 4. The first-order valence-electron chi connectivity index (χ1n) is 11.9. The number of piperazine rings is 1. The van der Waals surface area contributed by atoms with Crippen molar-refractivity contribution in [2.24, 2.45) is 0 Å². The Balaban J connectivity index is 1.55. The van der Waals surface area contributed by atoms with Crippen LogP contribution in [-0.4, -0.2) is 59.3 Å². The molecule has 7 nitrogen and oxygen atoms in total. The molecule has 2 aliphatic rings. The van der Waals surface area contributed by atoms with Gasteiger partial charge >= 0.3 is 6.18 Å². The number of aromatic amines is 1. The SMILES string of the molecule is CN1c2n[nH]c(/C=C/c3cccc(C(F)(F)F)c3)c2C(C(=O)N2CCNCC2)=CC1c1ccc(O)cc1. The first kappa shape index (κ1) is 24.6. The number of nitrogens with zero attached hydrogens (tertiary/aromatic N) is 3. The molecule has 0 radical (unpaired) electrons. The molecule has 1 saturated heterocycles. The molecule has 1 fully saturated rings. The number of phenolic OH excluding ortho intramolecular Hbond substituents is 1. The number of fused-ring (bicyclic) bond motifs is 1. The molecular weight excluding hydrogens is 483 g/mol. The Morgan fingerprint density at radius 2 is 1.84 bits per heavy atom. The molecule has 0 aliphatic carbocycles. The summed E-state index contributed by atoms with van der Waals surface area (Å²) in [7, 11) is 1.86. The van der Waals surface area contributed by atoms with E-state index in [4.69, 9.17) is 0 Å². The van der Waals surface area contributed by atoms with Crippen LogP contribution in [0.2, 0.25) is 0 Å². The number of anilines is 1. The van der Waals surface area contributed by atoms with Crippen LogP contribution in [0, 0.1) is 0 Å². The van der Waals surface area contributed by atoms with Crippen molar-refractivity contribution < 1.29 is 23.1 Å². The van der Waals surface area contributed by atoms with E-state index < -0.39 is 11.7 Å². The summed E-state index contributed by atoms with van der Waals surface area (Å²) >= 11 is 0. The molecule has 3 heterocycles. The molecule has 37 heavy (non-hydrogen) atoms. The van der Waals surface area contributed by atoms with Crippen LogP contribution in [0.25, 0.3) is 17.7 Å². The molecule has 1 aromatic heterocycles. The van der Waals surface area contributed by atoms with E-state index in [1.807, 2.05) is 18.0 Å². The molecule has 3 N–H and O–H groups in total. The number of likely N-dealkylation sites (N-methyl/N-ethyl adjacent to an activating group) is 1. The fourth-order valence-electron chi connectivity index (χ4n) is 4.68. The first-order valence-corrected chi connectivity index (χ1v) is 11.9. The van der Waals surface area contributed by atoms with Gasteiger partial charge in [-0.15, -0.1) is 0 Å². The molecule has 0 spiro atoms. The normalized spacial score (nSPS) is 18.2. The van der Waals surface area contributed by atoms with Gasteiger partial charge in [-0.1, -0.05) is 30.3 Å². The Morgan fingerprint density at radius 3 is 2.54 bits per heavy atom. The monoisotopic (exact) mass is 509 g/mol. The van der Waals surface area contributed by atoms with E-state index >= 15 is 0 Å². The third-order valence-electron chi connectivity index (χ3n) is 6.65. The lowest BCUT2D eigenvalue weighted by molar-refractivity contribution is -0.137. The van der Waals surface area contributed by atoms with Gasteiger partial charge in [0.15, 0.2) is 5.82 Å². The minimum Gasteiger partial charge on any atom is -0.508 e. The van der Waals surface area contributed by atoms with Crippen LogP contribution in [-0.2, 0) is 11.0 Å². The van der Waals surface area contributed by atoms with Gasteiger partial charge in [-0.2, -0.15) is 18.3 Å². The van der Waals surface area contributed by atoms with Gasteiger partial charge < -0.3 is 20.2 Å². The highest BCUT2D eigenvalue weighted by molar-refractivity contribution is 6.22. The minimum atomic E-state index is -4.44. The number of aromatic nitrogens is 2. The van der Waals surface area contributed by atoms with Gasteiger partial charge in [0.2, 0.25) is 0 Å². The van der Waals surface area contributed by atoms with E-state index in [0.29, 0.717) is 54.4 Å². The Bertz CT molecular complexity index is 1360. The highest BCUT2D eigenvalue weighted by atomic mass is 19.4. The maximum atomic E-state index is 13.7. The third-order valence-corrected chi connectivity index (χ3v) is 6.65. The Kier molecular flexibility index (Phi) is 6.51. The molecule has 2 aliphatic heterocycles. The van der Waals surface area contributed by atoms with Crippen LogP contribution in [0.3, 0.4) is 0 Å². The molecular formula is C27H26F3N5O2. The topological polar surface area (TPSA) is 84.5 Å². The molecule has 0 saturated carbocycles. The van der Waals surface area contributed by atoms with Gasteiger partial charge in [0, 0.05) is 33.2 Å². The lowest BCUT2D eigenvalue weighted by Gasteiger charge is -2.34. The van der Waals surface area contributed by atoms with E-state index in [9.17, 15) is 23.1 Å². The number of amides is 1. The molecule has 5 rings (SSSR count). The summed E-state index contributed by atoms with van der Waals surface area (Å²) in [5.74, 6) is 0.572. The number of H-pyrrole nitrogens is 1. The second kappa shape index (κ2) is 9.78. The van der Waals surface area contributed by atoms with Crippen molar-refractivity contribution in [1.29, 1.82) is 0 Å². The summed E-state index contributed by atoms with van der Waals surface area (Å²) in [5.41, 5.74) is 2.13. The maximum Gasteiger partial charge on any atom is 0.416 e. The van der Waals surface area contributed by atoms with E-state index in [-0.39, 0.29) is 17.7 Å². The predicted octanol–water partition coefficient (Wildman–Crippen LogP) is 4.31. The maximum absolute atomic E-state index is 13.7. The average molecular weight is 510 g/mol. The predicted molar refractivity (Wildman–Crippen MR) is 136 cm³/mol. The number of hydrogen-bond acceptors (Lipinski definition) is 5. The van der Waals surface area contributed by atoms with Crippen molar-refractivity contribution in [3.05, 3.63) is 82.6 Å². The van der Waals surface area contributed by atoms with Gasteiger partial charge in [0.1, 0.15) is 5.75 Å². The van der Waals surface area contributed by atoms with Crippen molar-refractivity contribution >= 4 is 29.5 Å². The van der Waals surface area contributed by atoms with Crippen LogP contribution in [0.15, 0.2) is 54.6 Å². The van der Waals surface area contributed by atoms with Crippen molar-refractivity contribution in [1.82, 2.24) is 20.4 Å². The number of carbonyl (C=O) groups excluding carboxylic acids is 1. The zero-order valence-electron chi connectivity index (χ0n) is 20.1. The number of halogens is 3. The van der Waals surface area contributed by atoms with E-state index in [1.54, 1.807) is 47.4 Å². The van der Waals surface area contributed by atoms with Gasteiger partial charge in [0.05, 0.1) is 28.4 Å². The van der Waals surface area contributed by atoms with Crippen molar-refractivity contribution in [3.8, 4) is 5.75 Å². The number of alkyl halides is 3. The zero-order chi connectivity index (χ0) is 26.2. The Morgan fingerprint density at radius 1 is 1.11 bits per heavy atom. The van der Waals surface area contributed by atoms with Gasteiger partial charge in [-0.3, -0.25) is 9.89 Å². The quantitative estimate of drug-likeness (QED) is 0.488. The van der Waals surface area contributed by atoms with Gasteiger partial charge in [-0.25, -0.2) is 0 Å². The number of phenols is 1. The highest BCUT2D eigenvalue weighted by Gasteiger charge is 2.35. The summed E-state index contributed by atoms with van der Waals surface area (Å²) in [6, 6.07) is 11.5. The third kappa shape index (κ3) is 4.97. The molecule has 1 unspecified atom stereocenters.